The minimum absolute atomic E-state index is 0.107. The second-order valence-electron chi connectivity index (χ2n) is 15.1. The molecule has 8 rings (SSSR count). The maximum absolute atomic E-state index is 13.9. The van der Waals surface area contributed by atoms with Crippen molar-refractivity contribution in [1.82, 2.24) is 24.6 Å². The number of nitrogens with zero attached hydrogens (tertiary/aromatic N) is 5. The quantitative estimate of drug-likeness (QED) is 0.232. The maximum Gasteiger partial charge on any atom is 0.262 e. The van der Waals surface area contributed by atoms with Crippen LogP contribution < -0.4 is 15.5 Å². The van der Waals surface area contributed by atoms with Crippen LogP contribution in [0.4, 0.5) is 21.5 Å². The molecular formula is C40H43FN8O6. The van der Waals surface area contributed by atoms with Gasteiger partial charge in [-0.1, -0.05) is 0 Å². The van der Waals surface area contributed by atoms with Gasteiger partial charge in [-0.05, 0) is 80.1 Å². The maximum atomic E-state index is 13.9. The van der Waals surface area contributed by atoms with Crippen molar-refractivity contribution in [2.45, 2.75) is 38.6 Å². The lowest BCUT2D eigenvalue weighted by Crippen LogP contribution is -2.54. The molecule has 0 saturated carbocycles. The molecule has 55 heavy (non-hydrogen) atoms. The Balaban J connectivity index is 0.790. The van der Waals surface area contributed by atoms with Gasteiger partial charge in [0.2, 0.25) is 11.8 Å². The summed E-state index contributed by atoms with van der Waals surface area (Å²) in [4.78, 5) is 88.9. The number of piperidine rings is 2. The number of rotatable bonds is 8. The molecule has 1 unspecified atom stereocenters. The fourth-order valence-electron chi connectivity index (χ4n) is 8.37. The highest BCUT2D eigenvalue weighted by Crippen LogP contribution is 2.35. The third-order valence-electron chi connectivity index (χ3n) is 11.7. The molecule has 0 bridgehead atoms. The minimum Gasteiger partial charge on any atom is -0.371 e. The molecule has 5 aliphatic rings. The van der Waals surface area contributed by atoms with Crippen molar-refractivity contribution < 1.29 is 33.2 Å². The Labute approximate surface area is 317 Å². The average Bonchev–Trinajstić information content (AvgIpc) is 3.77. The van der Waals surface area contributed by atoms with E-state index in [1.807, 2.05) is 13.0 Å². The molecule has 6 amide bonds. The molecule has 0 spiro atoms. The number of fused-ring (bicyclic) bond motifs is 2. The number of carbonyl (C=O) groups is 6. The van der Waals surface area contributed by atoms with Crippen LogP contribution in [0, 0.1) is 18.7 Å². The Morgan fingerprint density at radius 2 is 1.62 bits per heavy atom. The van der Waals surface area contributed by atoms with Gasteiger partial charge in [-0.2, -0.15) is 0 Å². The van der Waals surface area contributed by atoms with Crippen molar-refractivity contribution in [2.24, 2.45) is 5.92 Å². The van der Waals surface area contributed by atoms with Crippen LogP contribution in [0.15, 0.2) is 42.6 Å². The third kappa shape index (κ3) is 6.93. The summed E-state index contributed by atoms with van der Waals surface area (Å²) in [6, 6.07) is 8.52. The molecule has 286 valence electrons. The fraction of sp³-hybridized carbons (Fsp3) is 0.400. The van der Waals surface area contributed by atoms with Gasteiger partial charge in [0.1, 0.15) is 11.9 Å². The molecule has 15 heteroatoms. The van der Waals surface area contributed by atoms with Gasteiger partial charge in [0.05, 0.1) is 28.9 Å². The predicted octanol–water partition coefficient (Wildman–Crippen LogP) is 3.17. The number of H-pyrrole nitrogens is 1. The van der Waals surface area contributed by atoms with Crippen molar-refractivity contribution in [1.29, 1.82) is 0 Å². The van der Waals surface area contributed by atoms with E-state index in [1.54, 1.807) is 24.4 Å². The van der Waals surface area contributed by atoms with E-state index >= 15 is 0 Å². The summed E-state index contributed by atoms with van der Waals surface area (Å²) >= 11 is 0. The summed E-state index contributed by atoms with van der Waals surface area (Å²) in [6.45, 7) is 8.02. The second kappa shape index (κ2) is 14.5. The van der Waals surface area contributed by atoms with Gasteiger partial charge in [-0.3, -0.25) is 43.5 Å². The van der Waals surface area contributed by atoms with Crippen LogP contribution in [0.1, 0.15) is 63.2 Å². The summed E-state index contributed by atoms with van der Waals surface area (Å²) in [7, 11) is 1.38. The highest BCUT2D eigenvalue weighted by molar-refractivity contribution is 6.35. The summed E-state index contributed by atoms with van der Waals surface area (Å²) < 4.78 is 13.9. The molecule has 0 aliphatic carbocycles. The molecule has 1 atom stereocenters. The lowest BCUT2D eigenvalue weighted by atomic mass is 9.95. The van der Waals surface area contributed by atoms with Crippen molar-refractivity contribution in [3.05, 3.63) is 76.4 Å². The van der Waals surface area contributed by atoms with Gasteiger partial charge in [0, 0.05) is 88.1 Å². The van der Waals surface area contributed by atoms with Gasteiger partial charge >= 0.3 is 0 Å². The van der Waals surface area contributed by atoms with E-state index in [0.29, 0.717) is 39.7 Å². The number of imide groups is 2. The second-order valence-corrected chi connectivity index (χ2v) is 15.1. The molecule has 0 radical (unpaired) electrons. The lowest BCUT2D eigenvalue weighted by Gasteiger charge is -2.39. The van der Waals surface area contributed by atoms with E-state index in [-0.39, 0.29) is 42.7 Å². The zero-order valence-electron chi connectivity index (χ0n) is 30.8. The van der Waals surface area contributed by atoms with E-state index in [9.17, 15) is 33.2 Å². The van der Waals surface area contributed by atoms with Crippen molar-refractivity contribution in [3.8, 4) is 0 Å². The van der Waals surface area contributed by atoms with E-state index < -0.39 is 29.6 Å². The standard InChI is InChI=1S/C40H43FN8O6/c1-23-32(19-29-28-17-25(41)3-6-31(28)44-37(29)52)42-20-33(23)43-35(50)22-47-15-13-46(14-16-47)21-24-9-11-48(12-10-24)26-4-5-27-30(18-26)39(54)49(38(27)53)34-7-8-36(51)45(2)40(34)55/h3-6,17-20,24,34,42H,7-16,21-22H2,1-2H3,(H,43,50)(H,44,52)/b29-19-. The zero-order chi connectivity index (χ0) is 38.5. The highest BCUT2D eigenvalue weighted by Gasteiger charge is 2.46. The number of aromatic nitrogens is 1. The summed E-state index contributed by atoms with van der Waals surface area (Å²) in [5, 5.41) is 5.74. The largest absolute Gasteiger partial charge is 0.371 e. The number of likely N-dealkylation sites (N-methyl/N-ethyl adjacent to an activating group) is 1. The number of piperazine rings is 1. The van der Waals surface area contributed by atoms with Crippen LogP contribution in [-0.4, -0.2) is 125 Å². The fourth-order valence-corrected chi connectivity index (χ4v) is 8.37. The third-order valence-corrected chi connectivity index (χ3v) is 11.7. The number of amides is 6. The van der Waals surface area contributed by atoms with Gasteiger partial charge in [-0.15, -0.1) is 0 Å². The Kier molecular flexibility index (Phi) is 9.59. The number of aromatic amines is 1. The van der Waals surface area contributed by atoms with E-state index in [4.69, 9.17) is 0 Å². The normalized spacial score (nSPS) is 21.8. The number of nitrogens with one attached hydrogen (secondary N) is 3. The first-order valence-electron chi connectivity index (χ1n) is 18.8. The monoisotopic (exact) mass is 750 g/mol. The molecule has 1 aromatic heterocycles. The van der Waals surface area contributed by atoms with E-state index in [2.05, 4.69) is 30.3 Å². The highest BCUT2D eigenvalue weighted by atomic mass is 19.1. The minimum atomic E-state index is -0.969. The van der Waals surface area contributed by atoms with Crippen LogP contribution in [-0.2, 0) is 19.2 Å². The van der Waals surface area contributed by atoms with Gasteiger partial charge in [-0.25, -0.2) is 4.39 Å². The predicted molar refractivity (Wildman–Crippen MR) is 203 cm³/mol. The van der Waals surface area contributed by atoms with Crippen LogP contribution in [0.5, 0.6) is 0 Å². The number of carbonyl (C=O) groups excluding carboxylic acids is 6. The Bertz CT molecular complexity index is 2150. The molecule has 6 heterocycles. The van der Waals surface area contributed by atoms with Gasteiger partial charge in [0.15, 0.2) is 0 Å². The topological polar surface area (TPSA) is 158 Å². The van der Waals surface area contributed by atoms with Crippen LogP contribution in [0.2, 0.25) is 0 Å². The van der Waals surface area contributed by atoms with Gasteiger partial charge < -0.3 is 25.4 Å². The number of anilines is 3. The SMILES string of the molecule is Cc1c(NC(=O)CN2CCN(CC3CCN(c4ccc5c(c4)C(=O)N(C4CCC(=O)N(C)C4=O)C5=O)CC3)CC2)c[nH]c1/C=C1\C(=O)Nc2ccc(F)cc21. The van der Waals surface area contributed by atoms with Gasteiger partial charge in [0.25, 0.3) is 23.6 Å². The zero-order valence-corrected chi connectivity index (χ0v) is 30.8. The number of halogens is 1. The van der Waals surface area contributed by atoms with Crippen LogP contribution in [0.25, 0.3) is 11.6 Å². The molecule has 3 saturated heterocycles. The van der Waals surface area contributed by atoms with Crippen LogP contribution in [0.3, 0.4) is 0 Å². The van der Waals surface area contributed by atoms with Crippen molar-refractivity contribution >= 4 is 64.2 Å². The molecule has 2 aromatic carbocycles. The Hall–Kier alpha value is -5.67. The van der Waals surface area contributed by atoms with Crippen molar-refractivity contribution in [3.63, 3.8) is 0 Å². The first-order chi connectivity index (χ1) is 26.4. The van der Waals surface area contributed by atoms with Crippen LogP contribution >= 0.6 is 0 Å². The van der Waals surface area contributed by atoms with E-state index in [0.717, 1.165) is 79.7 Å². The van der Waals surface area contributed by atoms with E-state index in [1.165, 1.54) is 25.2 Å². The number of hydrogen-bond donors (Lipinski definition) is 3. The molecular weight excluding hydrogens is 707 g/mol. The molecule has 3 aromatic rings. The van der Waals surface area contributed by atoms with Crippen molar-refractivity contribution in [2.75, 3.05) is 74.9 Å². The first-order valence-corrected chi connectivity index (χ1v) is 18.8. The number of benzene rings is 2. The molecule has 3 fully saturated rings. The summed E-state index contributed by atoms with van der Waals surface area (Å²) in [5.74, 6) is -2.16. The Morgan fingerprint density at radius 3 is 2.38 bits per heavy atom. The average molecular weight is 751 g/mol. The number of likely N-dealkylation sites (tertiary alicyclic amines) is 1. The Morgan fingerprint density at radius 1 is 0.891 bits per heavy atom. The number of hydrogen-bond acceptors (Lipinski definition) is 9. The summed E-state index contributed by atoms with van der Waals surface area (Å²) in [5.41, 5.74) is 4.95. The smallest absolute Gasteiger partial charge is 0.262 e. The molecule has 14 nitrogen and oxygen atoms in total. The first kappa shape index (κ1) is 36.3. The summed E-state index contributed by atoms with van der Waals surface area (Å²) in [6.07, 6.45) is 5.59. The molecule has 3 N–H and O–H groups in total. The molecule has 5 aliphatic heterocycles. The lowest BCUT2D eigenvalue weighted by molar-refractivity contribution is -0.149.